The fourth-order valence-electron chi connectivity index (χ4n) is 2.27. The lowest BCUT2D eigenvalue weighted by atomic mass is 9.93. The summed E-state index contributed by atoms with van der Waals surface area (Å²) < 4.78 is 0. The van der Waals surface area contributed by atoms with Crippen molar-refractivity contribution in [2.45, 2.75) is 13.8 Å². The molecule has 0 unspecified atom stereocenters. The fourth-order valence-corrected chi connectivity index (χ4v) is 2.49. The van der Waals surface area contributed by atoms with E-state index >= 15 is 0 Å². The van der Waals surface area contributed by atoms with Gasteiger partial charge in [0.05, 0.1) is 10.6 Å². The zero-order chi connectivity index (χ0) is 13.2. The highest BCUT2D eigenvalue weighted by molar-refractivity contribution is 6.33. The fraction of sp³-hybridized carbons (Fsp3) is 0.500. The number of hydrogen-bond donors (Lipinski definition) is 1. The molecule has 98 valence electrons. The van der Waals surface area contributed by atoms with Gasteiger partial charge in [0.1, 0.15) is 0 Å². The average molecular weight is 267 g/mol. The zero-order valence-electron chi connectivity index (χ0n) is 10.9. The molecule has 18 heavy (non-hydrogen) atoms. The number of nitrogens with one attached hydrogen (secondary N) is 1. The minimum atomic E-state index is 0.0253. The van der Waals surface area contributed by atoms with E-state index in [9.17, 15) is 4.79 Å². The lowest BCUT2D eigenvalue weighted by Gasteiger charge is -2.29. The predicted octanol–water partition coefficient (Wildman–Crippen LogP) is 2.41. The van der Waals surface area contributed by atoms with E-state index in [0.29, 0.717) is 10.6 Å². The Labute approximate surface area is 113 Å². The molecule has 1 N–H and O–H groups in total. The molecule has 2 rings (SSSR count). The van der Waals surface area contributed by atoms with Gasteiger partial charge < -0.3 is 10.2 Å². The molecule has 3 nitrogen and oxygen atoms in total. The van der Waals surface area contributed by atoms with Crippen LogP contribution in [-0.4, -0.2) is 37.0 Å². The SMILES string of the molecule is CC1(C)CNCCN(C(=O)c2ccccc2Cl)C1. The van der Waals surface area contributed by atoms with E-state index in [1.807, 2.05) is 17.0 Å². The molecule has 1 aliphatic heterocycles. The number of hydrogen-bond acceptors (Lipinski definition) is 2. The molecule has 0 saturated carbocycles. The van der Waals surface area contributed by atoms with Crippen LogP contribution in [0.1, 0.15) is 24.2 Å². The highest BCUT2D eigenvalue weighted by atomic mass is 35.5. The standard InChI is InChI=1S/C14H19ClN2O/c1-14(2)9-16-7-8-17(10-14)13(18)11-5-3-4-6-12(11)15/h3-6,16H,7-10H2,1-2H3. The van der Waals surface area contributed by atoms with Gasteiger partial charge in [-0.15, -0.1) is 0 Å². The first-order chi connectivity index (χ1) is 8.49. The number of rotatable bonds is 1. The first-order valence-electron chi connectivity index (χ1n) is 6.24. The molecule has 1 fully saturated rings. The number of benzene rings is 1. The van der Waals surface area contributed by atoms with Gasteiger partial charge in [-0.3, -0.25) is 4.79 Å². The Morgan fingerprint density at radius 1 is 1.39 bits per heavy atom. The van der Waals surface area contributed by atoms with Crippen molar-refractivity contribution in [1.82, 2.24) is 10.2 Å². The minimum Gasteiger partial charge on any atom is -0.337 e. The Hall–Kier alpha value is -1.06. The third kappa shape index (κ3) is 3.03. The smallest absolute Gasteiger partial charge is 0.255 e. The maximum atomic E-state index is 12.5. The highest BCUT2D eigenvalue weighted by Gasteiger charge is 2.28. The monoisotopic (exact) mass is 266 g/mol. The lowest BCUT2D eigenvalue weighted by molar-refractivity contribution is 0.0717. The Morgan fingerprint density at radius 3 is 2.83 bits per heavy atom. The summed E-state index contributed by atoms with van der Waals surface area (Å²) in [5.74, 6) is 0.0253. The Morgan fingerprint density at radius 2 is 2.11 bits per heavy atom. The van der Waals surface area contributed by atoms with Crippen molar-refractivity contribution in [3.63, 3.8) is 0 Å². The van der Waals surface area contributed by atoms with Crippen molar-refractivity contribution in [2.24, 2.45) is 5.41 Å². The van der Waals surface area contributed by atoms with Crippen LogP contribution in [0.4, 0.5) is 0 Å². The van der Waals surface area contributed by atoms with Gasteiger partial charge in [-0.25, -0.2) is 0 Å². The van der Waals surface area contributed by atoms with Crippen LogP contribution in [0.5, 0.6) is 0 Å². The van der Waals surface area contributed by atoms with E-state index < -0.39 is 0 Å². The second-order valence-electron chi connectivity index (χ2n) is 5.55. The Balaban J connectivity index is 2.20. The molecule has 0 radical (unpaired) electrons. The summed E-state index contributed by atoms with van der Waals surface area (Å²) in [4.78, 5) is 14.4. The number of halogens is 1. The zero-order valence-corrected chi connectivity index (χ0v) is 11.6. The number of amides is 1. The summed E-state index contributed by atoms with van der Waals surface area (Å²) in [5, 5.41) is 3.89. The molecule has 1 amide bonds. The molecular weight excluding hydrogens is 248 g/mol. The number of carbonyl (C=O) groups excluding carboxylic acids is 1. The van der Waals surface area contributed by atoms with Crippen LogP contribution in [0.2, 0.25) is 5.02 Å². The number of carbonyl (C=O) groups is 1. The van der Waals surface area contributed by atoms with E-state index in [4.69, 9.17) is 11.6 Å². The predicted molar refractivity (Wildman–Crippen MR) is 74.0 cm³/mol. The molecule has 4 heteroatoms. The first kappa shape index (κ1) is 13.4. The van der Waals surface area contributed by atoms with Gasteiger partial charge >= 0.3 is 0 Å². The van der Waals surface area contributed by atoms with E-state index in [-0.39, 0.29) is 11.3 Å². The quantitative estimate of drug-likeness (QED) is 0.847. The molecule has 1 aromatic carbocycles. The lowest BCUT2D eigenvalue weighted by Crippen LogP contribution is -2.39. The largest absolute Gasteiger partial charge is 0.337 e. The van der Waals surface area contributed by atoms with Gasteiger partial charge in [0.15, 0.2) is 0 Å². The second-order valence-corrected chi connectivity index (χ2v) is 5.95. The molecule has 0 atom stereocenters. The maximum absolute atomic E-state index is 12.5. The van der Waals surface area contributed by atoms with Gasteiger partial charge in [0.2, 0.25) is 0 Å². The normalized spacial score (nSPS) is 19.4. The maximum Gasteiger partial charge on any atom is 0.255 e. The van der Waals surface area contributed by atoms with Gasteiger partial charge in [-0.05, 0) is 17.5 Å². The Bertz CT molecular complexity index is 445. The molecule has 0 bridgehead atoms. The van der Waals surface area contributed by atoms with E-state index in [0.717, 1.165) is 26.2 Å². The van der Waals surface area contributed by atoms with Crippen molar-refractivity contribution in [1.29, 1.82) is 0 Å². The van der Waals surface area contributed by atoms with Gasteiger partial charge in [0, 0.05) is 26.2 Å². The van der Waals surface area contributed by atoms with Crippen molar-refractivity contribution < 1.29 is 4.79 Å². The average Bonchev–Trinajstić information content (AvgIpc) is 2.50. The van der Waals surface area contributed by atoms with Gasteiger partial charge in [-0.1, -0.05) is 37.6 Å². The summed E-state index contributed by atoms with van der Waals surface area (Å²) in [6, 6.07) is 7.24. The van der Waals surface area contributed by atoms with Crippen LogP contribution in [0, 0.1) is 5.41 Å². The number of nitrogens with zero attached hydrogens (tertiary/aromatic N) is 1. The molecular formula is C14H19ClN2O. The van der Waals surface area contributed by atoms with Crippen LogP contribution in [0.25, 0.3) is 0 Å². The van der Waals surface area contributed by atoms with E-state index in [1.54, 1.807) is 12.1 Å². The first-order valence-corrected chi connectivity index (χ1v) is 6.62. The van der Waals surface area contributed by atoms with Crippen LogP contribution in [-0.2, 0) is 0 Å². The summed E-state index contributed by atoms with van der Waals surface area (Å²) in [6.07, 6.45) is 0. The third-order valence-electron chi connectivity index (χ3n) is 3.17. The van der Waals surface area contributed by atoms with Crippen LogP contribution >= 0.6 is 11.6 Å². The third-order valence-corrected chi connectivity index (χ3v) is 3.50. The van der Waals surface area contributed by atoms with Crippen LogP contribution < -0.4 is 5.32 Å². The molecule has 0 spiro atoms. The summed E-state index contributed by atoms with van der Waals surface area (Å²) >= 11 is 6.09. The van der Waals surface area contributed by atoms with E-state index in [2.05, 4.69) is 19.2 Å². The van der Waals surface area contributed by atoms with Crippen molar-refractivity contribution >= 4 is 17.5 Å². The van der Waals surface area contributed by atoms with Gasteiger partial charge in [-0.2, -0.15) is 0 Å². The molecule has 1 aliphatic rings. The van der Waals surface area contributed by atoms with Crippen LogP contribution in [0.15, 0.2) is 24.3 Å². The van der Waals surface area contributed by atoms with Crippen molar-refractivity contribution in [3.8, 4) is 0 Å². The second kappa shape index (κ2) is 5.29. The van der Waals surface area contributed by atoms with Crippen molar-refractivity contribution in [2.75, 3.05) is 26.2 Å². The Kier molecular flexibility index (Phi) is 3.93. The van der Waals surface area contributed by atoms with Gasteiger partial charge in [0.25, 0.3) is 5.91 Å². The topological polar surface area (TPSA) is 32.3 Å². The summed E-state index contributed by atoms with van der Waals surface area (Å²) in [5.41, 5.74) is 0.685. The molecule has 0 aliphatic carbocycles. The van der Waals surface area contributed by atoms with Crippen molar-refractivity contribution in [3.05, 3.63) is 34.9 Å². The molecule has 1 aromatic rings. The summed E-state index contributed by atoms with van der Waals surface area (Å²) in [6.45, 7) is 7.58. The van der Waals surface area contributed by atoms with Crippen LogP contribution in [0.3, 0.4) is 0 Å². The minimum absolute atomic E-state index is 0.0253. The highest BCUT2D eigenvalue weighted by Crippen LogP contribution is 2.22. The van der Waals surface area contributed by atoms with E-state index in [1.165, 1.54) is 0 Å². The molecule has 1 heterocycles. The molecule has 1 saturated heterocycles. The molecule has 0 aromatic heterocycles. The summed E-state index contributed by atoms with van der Waals surface area (Å²) in [7, 11) is 0.